The molecule has 0 amide bonds. The molecule has 1 aromatic carbocycles. The van der Waals surface area contributed by atoms with Gasteiger partial charge in [0.2, 0.25) is 0 Å². The lowest BCUT2D eigenvalue weighted by Crippen LogP contribution is -2.14. The number of pyridine rings is 2. The molecule has 0 aliphatic carbocycles. The summed E-state index contributed by atoms with van der Waals surface area (Å²) in [5.74, 6) is -2.38. The first-order valence-corrected chi connectivity index (χ1v) is 7.61. The Morgan fingerprint density at radius 2 is 1.67 bits per heavy atom. The molecule has 0 aliphatic rings. The average Bonchev–Trinajstić information content (AvgIpc) is 2.60. The smallest absolute Gasteiger partial charge is 0.379 e. The van der Waals surface area contributed by atoms with E-state index in [1.807, 2.05) is 0 Å². The van der Waals surface area contributed by atoms with E-state index in [1.54, 1.807) is 0 Å². The fourth-order valence-electron chi connectivity index (χ4n) is 2.39. The molecule has 3 aromatic rings. The number of alkyl halides is 3. The molecule has 0 radical (unpaired) electrons. The lowest BCUT2D eigenvalue weighted by Gasteiger charge is -2.15. The molecule has 0 saturated carbocycles. The molecule has 140 valence electrons. The van der Waals surface area contributed by atoms with Crippen LogP contribution in [0.3, 0.4) is 0 Å². The Kier molecular flexibility index (Phi) is 5.02. The van der Waals surface area contributed by atoms with E-state index in [2.05, 4.69) is 15.3 Å². The third-order valence-electron chi connectivity index (χ3n) is 3.65. The van der Waals surface area contributed by atoms with Crippen molar-refractivity contribution in [2.24, 2.45) is 0 Å². The number of nitrogens with zero attached hydrogens (tertiary/aromatic N) is 2. The van der Waals surface area contributed by atoms with E-state index in [9.17, 15) is 26.3 Å². The minimum atomic E-state index is -4.81. The molecule has 3 rings (SSSR count). The molecule has 0 aliphatic heterocycles. The molecule has 0 saturated heterocycles. The molecule has 1 N–H and O–H groups in total. The van der Waals surface area contributed by atoms with E-state index in [1.165, 1.54) is 12.3 Å². The molecule has 3 nitrogen and oxygen atoms in total. The van der Waals surface area contributed by atoms with Crippen LogP contribution in [0, 0.1) is 17.5 Å². The van der Waals surface area contributed by atoms with Gasteiger partial charge in [-0.25, -0.2) is 18.2 Å². The second-order valence-electron chi connectivity index (χ2n) is 5.57. The first-order valence-electron chi connectivity index (χ1n) is 7.61. The largest absolute Gasteiger partial charge is 0.435 e. The second-order valence-corrected chi connectivity index (χ2v) is 5.57. The van der Waals surface area contributed by atoms with E-state index in [-0.39, 0.29) is 29.1 Å². The maximum Gasteiger partial charge on any atom is 0.435 e. The molecule has 9 heteroatoms. The predicted octanol–water partition coefficient (Wildman–Crippen LogP) is 5.19. The van der Waals surface area contributed by atoms with Crippen LogP contribution in [0.25, 0.3) is 11.3 Å². The summed E-state index contributed by atoms with van der Waals surface area (Å²) < 4.78 is 79.9. The zero-order valence-corrected chi connectivity index (χ0v) is 13.5. The van der Waals surface area contributed by atoms with Gasteiger partial charge in [0.1, 0.15) is 17.5 Å². The lowest BCUT2D eigenvalue weighted by atomic mass is 10.1. The maximum atomic E-state index is 13.7. The first kappa shape index (κ1) is 18.7. The van der Waals surface area contributed by atoms with Crippen molar-refractivity contribution in [1.29, 1.82) is 0 Å². The van der Waals surface area contributed by atoms with Crippen LogP contribution in [-0.2, 0) is 12.7 Å². The van der Waals surface area contributed by atoms with E-state index in [0.29, 0.717) is 6.07 Å². The third-order valence-corrected chi connectivity index (χ3v) is 3.65. The molecular weight excluding hydrogens is 372 g/mol. The molecule has 27 heavy (non-hydrogen) atoms. The minimum absolute atomic E-state index is 0.0112. The van der Waals surface area contributed by atoms with Crippen LogP contribution in [0.5, 0.6) is 0 Å². The van der Waals surface area contributed by atoms with Gasteiger partial charge in [0.05, 0.1) is 17.6 Å². The van der Waals surface area contributed by atoms with Crippen molar-refractivity contribution in [1.82, 2.24) is 9.97 Å². The Morgan fingerprint density at radius 3 is 2.33 bits per heavy atom. The van der Waals surface area contributed by atoms with Gasteiger partial charge in [0, 0.05) is 29.9 Å². The molecule has 0 unspecified atom stereocenters. The fourth-order valence-corrected chi connectivity index (χ4v) is 2.39. The summed E-state index contributed by atoms with van der Waals surface area (Å²) in [6.07, 6.45) is -2.70. The normalized spacial score (nSPS) is 11.5. The van der Waals surface area contributed by atoms with Crippen LogP contribution >= 0.6 is 0 Å². The summed E-state index contributed by atoms with van der Waals surface area (Å²) in [6, 6.07) is 6.15. The van der Waals surface area contributed by atoms with Crippen molar-refractivity contribution < 1.29 is 26.3 Å². The zero-order chi connectivity index (χ0) is 19.6. The summed E-state index contributed by atoms with van der Waals surface area (Å²) in [4.78, 5) is 7.14. The number of hydrogen-bond acceptors (Lipinski definition) is 3. The van der Waals surface area contributed by atoms with Gasteiger partial charge in [-0.15, -0.1) is 0 Å². The number of nitrogens with one attached hydrogen (secondary N) is 1. The van der Waals surface area contributed by atoms with Crippen molar-refractivity contribution in [3.63, 3.8) is 0 Å². The Morgan fingerprint density at radius 1 is 0.889 bits per heavy atom. The molecule has 0 spiro atoms. The summed E-state index contributed by atoms with van der Waals surface area (Å²) in [6.45, 7) is -0.308. The quantitative estimate of drug-likeness (QED) is 0.630. The SMILES string of the molecule is Fc1cncc(-c2ccc(NCc3ccc(F)cc3F)c(C(F)(F)F)n2)c1. The molecular formula is C18H11F6N3. The van der Waals surface area contributed by atoms with Crippen molar-refractivity contribution in [2.45, 2.75) is 12.7 Å². The second kappa shape index (κ2) is 7.26. The highest BCUT2D eigenvalue weighted by Gasteiger charge is 2.36. The number of aromatic nitrogens is 2. The Balaban J connectivity index is 1.93. The Bertz CT molecular complexity index is 972. The molecule has 0 fully saturated rings. The first-order chi connectivity index (χ1) is 12.7. The Hall–Kier alpha value is -3.10. The van der Waals surface area contributed by atoms with E-state index < -0.39 is 29.3 Å². The van der Waals surface area contributed by atoms with E-state index >= 15 is 0 Å². The molecule has 0 atom stereocenters. The van der Waals surface area contributed by atoms with Gasteiger partial charge >= 0.3 is 6.18 Å². The number of hydrogen-bond donors (Lipinski definition) is 1. The summed E-state index contributed by atoms with van der Waals surface area (Å²) in [5.41, 5.74) is -1.68. The molecule has 0 bridgehead atoms. The number of halogens is 6. The highest BCUT2D eigenvalue weighted by molar-refractivity contribution is 5.62. The average molecular weight is 383 g/mol. The summed E-state index contributed by atoms with van der Waals surface area (Å²) in [7, 11) is 0. The number of rotatable bonds is 4. The predicted molar refractivity (Wildman–Crippen MR) is 86.1 cm³/mol. The van der Waals surface area contributed by atoms with Gasteiger partial charge < -0.3 is 5.32 Å². The molecule has 2 aromatic heterocycles. The van der Waals surface area contributed by atoms with Crippen molar-refractivity contribution in [3.05, 3.63) is 77.5 Å². The van der Waals surface area contributed by atoms with Crippen LogP contribution < -0.4 is 5.32 Å². The van der Waals surface area contributed by atoms with Crippen molar-refractivity contribution in [2.75, 3.05) is 5.32 Å². The summed E-state index contributed by atoms with van der Waals surface area (Å²) in [5, 5.41) is 2.45. The van der Waals surface area contributed by atoms with Crippen molar-refractivity contribution >= 4 is 5.69 Å². The van der Waals surface area contributed by atoms with Gasteiger partial charge in [0.25, 0.3) is 0 Å². The van der Waals surface area contributed by atoms with E-state index in [4.69, 9.17) is 0 Å². The van der Waals surface area contributed by atoms with Crippen LogP contribution in [0.15, 0.2) is 48.8 Å². The van der Waals surface area contributed by atoms with Crippen LogP contribution in [0.1, 0.15) is 11.3 Å². The monoisotopic (exact) mass is 383 g/mol. The van der Waals surface area contributed by atoms with Gasteiger partial charge in [-0.2, -0.15) is 13.2 Å². The van der Waals surface area contributed by atoms with Crippen LogP contribution in [0.4, 0.5) is 32.0 Å². The van der Waals surface area contributed by atoms with Gasteiger partial charge in [-0.05, 0) is 24.3 Å². The highest BCUT2D eigenvalue weighted by Crippen LogP contribution is 2.35. The van der Waals surface area contributed by atoms with Crippen LogP contribution in [-0.4, -0.2) is 9.97 Å². The lowest BCUT2D eigenvalue weighted by molar-refractivity contribution is -0.140. The maximum absolute atomic E-state index is 13.7. The minimum Gasteiger partial charge on any atom is -0.379 e. The third kappa shape index (κ3) is 4.36. The number of anilines is 1. The standard InChI is InChI=1S/C18H11F6N3/c19-12-2-1-10(14(21)6-12)8-26-16-4-3-15(27-17(16)18(22,23)24)11-5-13(20)9-25-7-11/h1-7,9,26H,8H2. The zero-order valence-electron chi connectivity index (χ0n) is 13.5. The van der Waals surface area contributed by atoms with Crippen LogP contribution in [0.2, 0.25) is 0 Å². The molecule has 2 heterocycles. The van der Waals surface area contributed by atoms with E-state index in [0.717, 1.165) is 30.5 Å². The Labute approximate surface area is 149 Å². The topological polar surface area (TPSA) is 37.8 Å². The highest BCUT2D eigenvalue weighted by atomic mass is 19.4. The fraction of sp³-hybridized carbons (Fsp3) is 0.111. The van der Waals surface area contributed by atoms with Gasteiger partial charge in [-0.3, -0.25) is 4.98 Å². The van der Waals surface area contributed by atoms with Gasteiger partial charge in [-0.1, -0.05) is 6.07 Å². The van der Waals surface area contributed by atoms with Gasteiger partial charge in [0.15, 0.2) is 5.69 Å². The number of benzene rings is 1. The van der Waals surface area contributed by atoms with Crippen molar-refractivity contribution in [3.8, 4) is 11.3 Å². The summed E-state index contributed by atoms with van der Waals surface area (Å²) >= 11 is 0.